The number of esters is 1. The largest absolute Gasteiger partial charge is 0.504 e. The summed E-state index contributed by atoms with van der Waals surface area (Å²) in [5, 5.41) is 33.9. The van der Waals surface area contributed by atoms with Gasteiger partial charge in [-0.3, -0.25) is 9.79 Å². The molecule has 9 heteroatoms. The molecule has 1 saturated carbocycles. The van der Waals surface area contributed by atoms with Crippen molar-refractivity contribution in [2.24, 2.45) is 34.4 Å². The summed E-state index contributed by atoms with van der Waals surface area (Å²) in [6.45, 7) is 4.33. The quantitative estimate of drug-likeness (QED) is 0.169. The molecule has 0 saturated heterocycles. The minimum atomic E-state index is -0.669. The number of phenolic OH excluding ortho intramolecular Hbond substituents is 1. The predicted octanol–water partition coefficient (Wildman–Crippen LogP) is 2.21. The summed E-state index contributed by atoms with van der Waals surface area (Å²) >= 11 is 0. The van der Waals surface area contributed by atoms with Gasteiger partial charge in [-0.15, -0.1) is 0 Å². The molecule has 0 spiro atoms. The van der Waals surface area contributed by atoms with Crippen molar-refractivity contribution >= 4 is 11.9 Å². The Balaban J connectivity index is 2.09. The van der Waals surface area contributed by atoms with Crippen molar-refractivity contribution in [2.45, 2.75) is 64.6 Å². The lowest BCUT2D eigenvalue weighted by molar-refractivity contribution is -0.149. The number of hydrogen-bond acceptors (Lipinski definition) is 7. The van der Waals surface area contributed by atoms with E-state index < -0.39 is 12.2 Å². The lowest BCUT2D eigenvalue weighted by Gasteiger charge is -2.43. The van der Waals surface area contributed by atoms with Crippen LogP contribution in [0.1, 0.15) is 51.5 Å². The molecule has 198 valence electrons. The van der Waals surface area contributed by atoms with E-state index in [0.717, 1.165) is 18.4 Å². The number of carbonyl (C=O) groups is 1. The molecule has 0 aliphatic heterocycles. The third-order valence-electron chi connectivity index (χ3n) is 7.28. The topological polar surface area (TPSA) is 147 Å². The number of phenols is 1. The van der Waals surface area contributed by atoms with Crippen LogP contribution in [0, 0.1) is 23.7 Å². The molecule has 0 unspecified atom stereocenters. The highest BCUT2D eigenvalue weighted by atomic mass is 16.5. The SMILES string of the molecule is CN=C(N)NC[C@@H]1C[C@@H]([C@H](O)C[C@@H](CCc2ccc(O)c(OC)c2)OC(C)=O)[C@@H](CCO)C[C@@H]1C. The minimum absolute atomic E-state index is 0.0169. The van der Waals surface area contributed by atoms with Crippen molar-refractivity contribution in [3.8, 4) is 11.5 Å². The molecule has 1 fully saturated rings. The van der Waals surface area contributed by atoms with Crippen molar-refractivity contribution in [2.75, 3.05) is 27.3 Å². The molecule has 0 radical (unpaired) electrons. The fourth-order valence-electron chi connectivity index (χ4n) is 5.30. The summed E-state index contributed by atoms with van der Waals surface area (Å²) in [6.07, 6.45) is 2.68. The van der Waals surface area contributed by atoms with E-state index in [0.29, 0.717) is 55.8 Å². The van der Waals surface area contributed by atoms with Gasteiger partial charge in [0, 0.05) is 33.5 Å². The van der Waals surface area contributed by atoms with Crippen LogP contribution in [-0.2, 0) is 16.0 Å². The number of aliphatic imine (C=N–C) groups is 1. The van der Waals surface area contributed by atoms with Crippen LogP contribution in [0.2, 0.25) is 0 Å². The first-order valence-corrected chi connectivity index (χ1v) is 12.5. The molecule has 0 heterocycles. The Kier molecular flexibility index (Phi) is 11.6. The first-order chi connectivity index (χ1) is 16.7. The van der Waals surface area contributed by atoms with Gasteiger partial charge in [-0.25, -0.2) is 0 Å². The van der Waals surface area contributed by atoms with Crippen molar-refractivity contribution in [1.82, 2.24) is 5.32 Å². The molecule has 6 N–H and O–H groups in total. The number of aliphatic hydroxyl groups excluding tert-OH is 2. The molecular weight excluding hydrogens is 450 g/mol. The Labute approximate surface area is 208 Å². The smallest absolute Gasteiger partial charge is 0.302 e. The molecular formula is C26H43N3O6. The second-order valence-corrected chi connectivity index (χ2v) is 9.71. The number of rotatable bonds is 12. The Bertz CT molecular complexity index is 833. The van der Waals surface area contributed by atoms with Crippen molar-refractivity contribution in [3.05, 3.63) is 23.8 Å². The Morgan fingerprint density at radius 2 is 2.06 bits per heavy atom. The van der Waals surface area contributed by atoms with Crippen LogP contribution >= 0.6 is 0 Å². The highest BCUT2D eigenvalue weighted by Gasteiger charge is 2.39. The zero-order valence-corrected chi connectivity index (χ0v) is 21.4. The number of nitrogens with one attached hydrogen (secondary N) is 1. The normalized spacial score (nSPS) is 24.5. The first-order valence-electron chi connectivity index (χ1n) is 12.5. The van der Waals surface area contributed by atoms with Crippen molar-refractivity contribution < 1.29 is 29.6 Å². The zero-order valence-electron chi connectivity index (χ0n) is 21.4. The maximum Gasteiger partial charge on any atom is 0.302 e. The average Bonchev–Trinajstić information content (AvgIpc) is 2.82. The monoisotopic (exact) mass is 493 g/mol. The van der Waals surface area contributed by atoms with Crippen LogP contribution in [0.15, 0.2) is 23.2 Å². The third kappa shape index (κ3) is 8.89. The first kappa shape index (κ1) is 28.7. The fraction of sp³-hybridized carbons (Fsp3) is 0.692. The van der Waals surface area contributed by atoms with Gasteiger partial charge in [-0.2, -0.15) is 0 Å². The average molecular weight is 494 g/mol. The molecule has 9 nitrogen and oxygen atoms in total. The number of benzene rings is 1. The molecule has 1 aromatic carbocycles. The number of aryl methyl sites for hydroxylation is 1. The van der Waals surface area contributed by atoms with Gasteiger partial charge in [0.25, 0.3) is 0 Å². The van der Waals surface area contributed by atoms with E-state index in [9.17, 15) is 20.1 Å². The van der Waals surface area contributed by atoms with Gasteiger partial charge in [0.2, 0.25) is 0 Å². The molecule has 0 aromatic heterocycles. The highest BCUT2D eigenvalue weighted by molar-refractivity contribution is 5.77. The van der Waals surface area contributed by atoms with Gasteiger partial charge in [0.05, 0.1) is 13.2 Å². The second-order valence-electron chi connectivity index (χ2n) is 9.71. The number of ether oxygens (including phenoxy) is 2. The fourth-order valence-corrected chi connectivity index (χ4v) is 5.30. The number of aliphatic hydroxyl groups is 2. The van der Waals surface area contributed by atoms with Crippen LogP contribution < -0.4 is 15.8 Å². The molecule has 0 amide bonds. The van der Waals surface area contributed by atoms with Gasteiger partial charge in [0.15, 0.2) is 17.5 Å². The van der Waals surface area contributed by atoms with Crippen molar-refractivity contribution in [1.29, 1.82) is 0 Å². The molecule has 0 bridgehead atoms. The number of hydrogen-bond donors (Lipinski definition) is 5. The van der Waals surface area contributed by atoms with Crippen LogP contribution in [0.5, 0.6) is 11.5 Å². The molecule has 1 aromatic rings. The van der Waals surface area contributed by atoms with Crippen LogP contribution in [0.25, 0.3) is 0 Å². The molecule has 35 heavy (non-hydrogen) atoms. The molecule has 1 aliphatic rings. The van der Waals surface area contributed by atoms with Gasteiger partial charge in [-0.1, -0.05) is 13.0 Å². The summed E-state index contributed by atoms with van der Waals surface area (Å²) in [6, 6.07) is 5.15. The summed E-state index contributed by atoms with van der Waals surface area (Å²) in [5.41, 5.74) is 6.75. The van der Waals surface area contributed by atoms with Gasteiger partial charge >= 0.3 is 5.97 Å². The lowest BCUT2D eigenvalue weighted by Crippen LogP contribution is -2.44. The highest BCUT2D eigenvalue weighted by Crippen LogP contribution is 2.42. The lowest BCUT2D eigenvalue weighted by atomic mass is 9.65. The second kappa shape index (κ2) is 14.1. The summed E-state index contributed by atoms with van der Waals surface area (Å²) in [7, 11) is 3.14. The van der Waals surface area contributed by atoms with Gasteiger partial charge in [-0.05, 0) is 73.5 Å². The molecule has 1 aliphatic carbocycles. The number of carbonyl (C=O) groups excluding carboxylic acids is 1. The standard InChI is InChI=1S/C26H43N3O6/c1-16-11-19(9-10-30)22(13-20(16)15-29-26(27)28-3)24(33)14-21(35-17(2)31)7-5-18-6-8-23(32)25(12-18)34-4/h6,8,12,16,19-22,24,30,32-33H,5,7,9-11,13-15H2,1-4H3,(H3,27,28,29)/t16-,19-,20-,21+,22+,24+/m0/s1. The summed E-state index contributed by atoms with van der Waals surface area (Å²) in [4.78, 5) is 15.7. The van der Waals surface area contributed by atoms with Gasteiger partial charge < -0.3 is 35.8 Å². The van der Waals surface area contributed by atoms with Gasteiger partial charge in [0.1, 0.15) is 6.10 Å². The van der Waals surface area contributed by atoms with E-state index in [-0.39, 0.29) is 30.2 Å². The summed E-state index contributed by atoms with van der Waals surface area (Å²) < 4.78 is 10.8. The van der Waals surface area contributed by atoms with Crippen LogP contribution in [0.3, 0.4) is 0 Å². The molecule has 6 atom stereocenters. The minimum Gasteiger partial charge on any atom is -0.504 e. The van der Waals surface area contributed by atoms with E-state index in [4.69, 9.17) is 15.2 Å². The van der Waals surface area contributed by atoms with E-state index in [1.807, 2.05) is 6.07 Å². The maximum atomic E-state index is 11.8. The van der Waals surface area contributed by atoms with E-state index in [1.54, 1.807) is 19.2 Å². The number of aromatic hydroxyl groups is 1. The third-order valence-corrected chi connectivity index (χ3v) is 7.28. The zero-order chi connectivity index (χ0) is 26.0. The predicted molar refractivity (Wildman–Crippen MR) is 135 cm³/mol. The van der Waals surface area contributed by atoms with E-state index in [1.165, 1.54) is 14.0 Å². The Morgan fingerprint density at radius 3 is 2.69 bits per heavy atom. The molecule has 2 rings (SSSR count). The van der Waals surface area contributed by atoms with Crippen LogP contribution in [-0.4, -0.2) is 66.8 Å². The summed E-state index contributed by atoms with van der Waals surface area (Å²) in [5.74, 6) is 1.37. The van der Waals surface area contributed by atoms with E-state index in [2.05, 4.69) is 17.2 Å². The Hall–Kier alpha value is -2.52. The van der Waals surface area contributed by atoms with Crippen molar-refractivity contribution in [3.63, 3.8) is 0 Å². The number of methoxy groups -OCH3 is 1. The van der Waals surface area contributed by atoms with Crippen LogP contribution in [0.4, 0.5) is 0 Å². The van der Waals surface area contributed by atoms with E-state index >= 15 is 0 Å². The number of guanidine groups is 1. The maximum absolute atomic E-state index is 11.8. The number of nitrogens with two attached hydrogens (primary N) is 1. The number of nitrogens with zero attached hydrogens (tertiary/aromatic N) is 1. The Morgan fingerprint density at radius 1 is 1.31 bits per heavy atom.